The number of rotatable bonds is 7. The van der Waals surface area contributed by atoms with Crippen LogP contribution in [0.5, 0.6) is 0 Å². The fourth-order valence-corrected chi connectivity index (χ4v) is 2.45. The maximum atomic E-state index is 11.7. The van der Waals surface area contributed by atoms with E-state index in [4.69, 9.17) is 0 Å². The highest BCUT2D eigenvalue weighted by atomic mass is 32.2. The number of amides is 1. The second-order valence-corrected chi connectivity index (χ2v) is 5.33. The van der Waals surface area contributed by atoms with Crippen molar-refractivity contribution in [2.45, 2.75) is 44.6 Å². The smallest absolute Gasteiger partial charge is 0.237 e. The first-order chi connectivity index (χ1) is 7.84. The lowest BCUT2D eigenvalue weighted by atomic mass is 10.0. The van der Waals surface area contributed by atoms with E-state index in [-0.39, 0.29) is 11.9 Å². The minimum Gasteiger partial charge on any atom is -0.355 e. The fraction of sp³-hybridized carbons (Fsp3) is 0.917. The molecule has 1 heterocycles. The van der Waals surface area contributed by atoms with E-state index in [1.807, 2.05) is 11.8 Å². The normalized spacial score (nSPS) is 20.7. The molecule has 0 saturated carbocycles. The first kappa shape index (κ1) is 13.8. The highest BCUT2D eigenvalue weighted by Crippen LogP contribution is 2.07. The Kier molecular flexibility index (Phi) is 7.68. The van der Waals surface area contributed by atoms with Crippen molar-refractivity contribution >= 4 is 17.7 Å². The van der Waals surface area contributed by atoms with Gasteiger partial charge >= 0.3 is 0 Å². The van der Waals surface area contributed by atoms with Gasteiger partial charge in [-0.25, -0.2) is 0 Å². The van der Waals surface area contributed by atoms with Gasteiger partial charge in [-0.15, -0.1) is 0 Å². The van der Waals surface area contributed by atoms with Crippen LogP contribution in [0, 0.1) is 0 Å². The van der Waals surface area contributed by atoms with E-state index in [2.05, 4.69) is 16.9 Å². The van der Waals surface area contributed by atoms with E-state index in [0.717, 1.165) is 25.9 Å². The van der Waals surface area contributed by atoms with E-state index in [1.165, 1.54) is 31.4 Å². The van der Waals surface area contributed by atoms with Gasteiger partial charge in [-0.05, 0) is 44.2 Å². The van der Waals surface area contributed by atoms with E-state index < -0.39 is 0 Å². The predicted molar refractivity (Wildman–Crippen MR) is 70.9 cm³/mol. The highest BCUT2D eigenvalue weighted by Gasteiger charge is 2.19. The lowest BCUT2D eigenvalue weighted by Gasteiger charge is -2.22. The van der Waals surface area contributed by atoms with Gasteiger partial charge in [0.2, 0.25) is 5.91 Å². The van der Waals surface area contributed by atoms with Crippen LogP contribution in [0.3, 0.4) is 0 Å². The number of nitrogens with one attached hydrogen (secondary N) is 2. The molecule has 0 spiro atoms. The Hall–Kier alpha value is -0.220. The molecule has 1 fully saturated rings. The molecule has 94 valence electrons. The number of thioether (sulfide) groups is 1. The summed E-state index contributed by atoms with van der Waals surface area (Å²) in [6.07, 6.45) is 9.11. The average Bonchev–Trinajstić information content (AvgIpc) is 2.34. The van der Waals surface area contributed by atoms with Gasteiger partial charge < -0.3 is 10.6 Å². The summed E-state index contributed by atoms with van der Waals surface area (Å²) in [5.41, 5.74) is 0. The van der Waals surface area contributed by atoms with Crippen LogP contribution in [0.2, 0.25) is 0 Å². The van der Waals surface area contributed by atoms with Crippen molar-refractivity contribution in [1.82, 2.24) is 10.6 Å². The summed E-state index contributed by atoms with van der Waals surface area (Å²) >= 11 is 1.89. The number of piperidine rings is 1. The van der Waals surface area contributed by atoms with Crippen LogP contribution in [0.15, 0.2) is 0 Å². The molecule has 1 amide bonds. The molecule has 0 unspecified atom stereocenters. The zero-order valence-corrected chi connectivity index (χ0v) is 11.1. The van der Waals surface area contributed by atoms with E-state index in [9.17, 15) is 4.79 Å². The summed E-state index contributed by atoms with van der Waals surface area (Å²) < 4.78 is 0. The van der Waals surface area contributed by atoms with E-state index >= 15 is 0 Å². The summed E-state index contributed by atoms with van der Waals surface area (Å²) in [6.45, 7) is 1.83. The second-order valence-electron chi connectivity index (χ2n) is 4.35. The summed E-state index contributed by atoms with van der Waals surface area (Å²) in [5, 5.41) is 6.29. The third-order valence-electron chi connectivity index (χ3n) is 2.95. The maximum absolute atomic E-state index is 11.7. The van der Waals surface area contributed by atoms with Gasteiger partial charge in [-0.2, -0.15) is 11.8 Å². The minimum atomic E-state index is 0.0694. The van der Waals surface area contributed by atoms with Gasteiger partial charge in [-0.1, -0.05) is 12.8 Å². The first-order valence-electron chi connectivity index (χ1n) is 6.34. The van der Waals surface area contributed by atoms with Crippen molar-refractivity contribution in [3.05, 3.63) is 0 Å². The molecule has 2 N–H and O–H groups in total. The average molecular weight is 244 g/mol. The van der Waals surface area contributed by atoms with Gasteiger partial charge in [-0.3, -0.25) is 4.79 Å². The van der Waals surface area contributed by atoms with Gasteiger partial charge in [0.25, 0.3) is 0 Å². The molecule has 0 bridgehead atoms. The topological polar surface area (TPSA) is 41.1 Å². The number of unbranched alkanes of at least 4 members (excludes halogenated alkanes) is 2. The second kappa shape index (κ2) is 8.88. The fourth-order valence-electron chi connectivity index (χ4n) is 1.96. The van der Waals surface area contributed by atoms with E-state index in [1.54, 1.807) is 0 Å². The highest BCUT2D eigenvalue weighted by molar-refractivity contribution is 7.98. The number of hydrogen-bond acceptors (Lipinski definition) is 3. The standard InChI is InChI=1S/C12H24N2OS/c1-16-10-6-2-4-9-14-12(15)11-7-3-5-8-13-11/h11,13H,2-10H2,1H3,(H,14,15)/t11-/m1/s1. The van der Waals surface area contributed by atoms with Crippen molar-refractivity contribution < 1.29 is 4.79 Å². The SMILES string of the molecule is CSCCCCCNC(=O)[C@H]1CCCCN1. The Morgan fingerprint density at radius 3 is 2.94 bits per heavy atom. The van der Waals surface area contributed by atoms with Crippen molar-refractivity contribution in [2.24, 2.45) is 0 Å². The molecule has 0 aromatic heterocycles. The van der Waals surface area contributed by atoms with Gasteiger partial charge in [0, 0.05) is 6.54 Å². The van der Waals surface area contributed by atoms with Crippen LogP contribution >= 0.6 is 11.8 Å². The van der Waals surface area contributed by atoms with Crippen LogP contribution in [-0.2, 0) is 4.79 Å². The molecule has 0 aromatic carbocycles. The lowest BCUT2D eigenvalue weighted by Crippen LogP contribution is -2.46. The minimum absolute atomic E-state index is 0.0694. The molecule has 0 radical (unpaired) electrons. The molecule has 3 nitrogen and oxygen atoms in total. The summed E-state index contributed by atoms with van der Waals surface area (Å²) in [5.74, 6) is 1.43. The van der Waals surface area contributed by atoms with Crippen LogP contribution in [0.4, 0.5) is 0 Å². The van der Waals surface area contributed by atoms with Crippen LogP contribution in [-0.4, -0.2) is 37.0 Å². The monoisotopic (exact) mass is 244 g/mol. The molecule has 1 atom stereocenters. The Balaban J connectivity index is 1.97. The number of hydrogen-bond donors (Lipinski definition) is 2. The molecule has 1 aliphatic heterocycles. The van der Waals surface area contributed by atoms with Crippen molar-refractivity contribution in [2.75, 3.05) is 25.1 Å². The molecule has 4 heteroatoms. The predicted octanol–water partition coefficient (Wildman–Crippen LogP) is 1.78. The maximum Gasteiger partial charge on any atom is 0.237 e. The van der Waals surface area contributed by atoms with Gasteiger partial charge in [0.1, 0.15) is 0 Å². The third-order valence-corrected chi connectivity index (χ3v) is 3.65. The Labute approximate surface area is 103 Å². The summed E-state index contributed by atoms with van der Waals surface area (Å²) in [7, 11) is 0. The van der Waals surface area contributed by atoms with E-state index in [0.29, 0.717) is 0 Å². The Bertz CT molecular complexity index is 193. The van der Waals surface area contributed by atoms with Crippen LogP contribution in [0.25, 0.3) is 0 Å². The Morgan fingerprint density at radius 1 is 1.38 bits per heavy atom. The summed E-state index contributed by atoms with van der Waals surface area (Å²) in [6, 6.07) is 0.0694. The van der Waals surface area contributed by atoms with Gasteiger partial charge in [0.05, 0.1) is 6.04 Å². The molecule has 0 aromatic rings. The number of carbonyl (C=O) groups excluding carboxylic acids is 1. The van der Waals surface area contributed by atoms with Crippen molar-refractivity contribution in [1.29, 1.82) is 0 Å². The van der Waals surface area contributed by atoms with Gasteiger partial charge in [0.15, 0.2) is 0 Å². The lowest BCUT2D eigenvalue weighted by molar-refractivity contribution is -0.123. The molecule has 0 aliphatic carbocycles. The third kappa shape index (κ3) is 5.75. The molecular weight excluding hydrogens is 220 g/mol. The van der Waals surface area contributed by atoms with Crippen LogP contribution < -0.4 is 10.6 Å². The van der Waals surface area contributed by atoms with Crippen molar-refractivity contribution in [3.8, 4) is 0 Å². The summed E-state index contributed by atoms with van der Waals surface area (Å²) in [4.78, 5) is 11.7. The quantitative estimate of drug-likeness (QED) is 0.671. The first-order valence-corrected chi connectivity index (χ1v) is 7.74. The molecule has 1 saturated heterocycles. The zero-order chi connectivity index (χ0) is 11.6. The zero-order valence-electron chi connectivity index (χ0n) is 10.3. The molecule has 1 aliphatic rings. The van der Waals surface area contributed by atoms with Crippen molar-refractivity contribution in [3.63, 3.8) is 0 Å². The largest absolute Gasteiger partial charge is 0.355 e. The molecule has 1 rings (SSSR count). The number of carbonyl (C=O) groups is 1. The van der Waals surface area contributed by atoms with Crippen LogP contribution in [0.1, 0.15) is 38.5 Å². The Morgan fingerprint density at radius 2 is 2.25 bits per heavy atom. The molecule has 16 heavy (non-hydrogen) atoms. The molecular formula is C12H24N2OS.